The Morgan fingerprint density at radius 3 is 2.37 bits per heavy atom. The first-order valence-corrected chi connectivity index (χ1v) is 7.05. The lowest BCUT2D eigenvalue weighted by atomic mass is 9.87. The van der Waals surface area contributed by atoms with Crippen molar-refractivity contribution in [2.75, 3.05) is 18.3 Å². The predicted octanol–water partition coefficient (Wildman–Crippen LogP) is 2.10. The first kappa shape index (κ1) is 16.2. The average Bonchev–Trinajstić information content (AvgIpc) is 2.39. The van der Waals surface area contributed by atoms with E-state index in [-0.39, 0.29) is 24.7 Å². The quantitative estimate of drug-likeness (QED) is 0.438. The maximum atomic E-state index is 11.7. The molecule has 4 nitrogen and oxygen atoms in total. The molecular formula is C13H18Cl2N2O2. The van der Waals surface area contributed by atoms with E-state index in [1.165, 1.54) is 5.01 Å². The number of carbonyl (C=O) groups is 1. The van der Waals surface area contributed by atoms with Crippen LogP contribution >= 0.6 is 23.2 Å². The monoisotopic (exact) mass is 304 g/mol. The fraction of sp³-hybridized carbons (Fsp3) is 0.462. The summed E-state index contributed by atoms with van der Waals surface area (Å²) in [5.74, 6) is 5.41. The Labute approximate surface area is 123 Å². The van der Waals surface area contributed by atoms with Crippen LogP contribution < -0.4 is 5.84 Å². The standard InChI is InChI=1S/C13H18Cl2N2O2/c14-7-6-13(12(18)19,17(16)9-8-15)10-11-4-2-1-3-5-11/h1-5H,6-10,16H2,(H,18,19)/t13-/m0/s1. The number of carboxylic acids is 1. The van der Waals surface area contributed by atoms with Crippen LogP contribution in [0.1, 0.15) is 12.0 Å². The number of rotatable bonds is 8. The van der Waals surface area contributed by atoms with Crippen molar-refractivity contribution in [2.45, 2.75) is 18.4 Å². The molecular weight excluding hydrogens is 287 g/mol. The number of halogens is 2. The van der Waals surface area contributed by atoms with Gasteiger partial charge < -0.3 is 5.11 Å². The maximum Gasteiger partial charge on any atom is 0.325 e. The summed E-state index contributed by atoms with van der Waals surface area (Å²) in [6.45, 7) is 0.289. The molecule has 0 heterocycles. The van der Waals surface area contributed by atoms with Gasteiger partial charge in [-0.25, -0.2) is 5.01 Å². The van der Waals surface area contributed by atoms with Crippen molar-refractivity contribution in [1.29, 1.82) is 0 Å². The third-order valence-corrected chi connectivity index (χ3v) is 3.48. The van der Waals surface area contributed by atoms with Crippen molar-refractivity contribution in [3.8, 4) is 0 Å². The molecule has 0 fully saturated rings. The summed E-state index contributed by atoms with van der Waals surface area (Å²) in [5, 5.41) is 10.9. The first-order valence-electron chi connectivity index (χ1n) is 5.98. The van der Waals surface area contributed by atoms with Gasteiger partial charge in [0.25, 0.3) is 0 Å². The third kappa shape index (κ3) is 4.08. The molecule has 0 unspecified atom stereocenters. The maximum absolute atomic E-state index is 11.7. The molecule has 1 atom stereocenters. The highest BCUT2D eigenvalue weighted by Gasteiger charge is 2.42. The lowest BCUT2D eigenvalue weighted by Crippen LogP contribution is -2.60. The highest BCUT2D eigenvalue weighted by atomic mass is 35.5. The van der Waals surface area contributed by atoms with Crippen molar-refractivity contribution in [3.63, 3.8) is 0 Å². The van der Waals surface area contributed by atoms with Gasteiger partial charge >= 0.3 is 5.97 Å². The molecule has 0 amide bonds. The van der Waals surface area contributed by atoms with Crippen LogP contribution in [0.25, 0.3) is 0 Å². The van der Waals surface area contributed by atoms with E-state index >= 15 is 0 Å². The van der Waals surface area contributed by atoms with Crippen LogP contribution in [-0.4, -0.2) is 39.9 Å². The van der Waals surface area contributed by atoms with Crippen LogP contribution in [0.15, 0.2) is 30.3 Å². The minimum absolute atomic E-state index is 0.217. The molecule has 0 radical (unpaired) electrons. The number of hydrogen-bond donors (Lipinski definition) is 2. The number of hydrogen-bond acceptors (Lipinski definition) is 3. The highest BCUT2D eigenvalue weighted by Crippen LogP contribution is 2.24. The molecule has 0 aliphatic heterocycles. The summed E-state index contributed by atoms with van der Waals surface area (Å²) in [4.78, 5) is 11.7. The van der Waals surface area contributed by atoms with Crippen LogP contribution in [0.4, 0.5) is 0 Å². The van der Waals surface area contributed by atoms with E-state index in [0.29, 0.717) is 6.42 Å². The Kier molecular flexibility index (Phi) is 6.58. The van der Waals surface area contributed by atoms with Crippen LogP contribution in [0.3, 0.4) is 0 Å². The SMILES string of the molecule is NN(CCCl)[C@@](CCCl)(Cc1ccccc1)C(=O)O. The fourth-order valence-electron chi connectivity index (χ4n) is 2.03. The molecule has 0 spiro atoms. The summed E-state index contributed by atoms with van der Waals surface area (Å²) >= 11 is 11.4. The Hall–Kier alpha value is -0.810. The van der Waals surface area contributed by atoms with Gasteiger partial charge in [-0.3, -0.25) is 10.6 Å². The Bertz CT molecular complexity index is 403. The van der Waals surface area contributed by atoms with E-state index in [1.54, 1.807) is 0 Å². The fourth-order valence-corrected chi connectivity index (χ4v) is 2.53. The van der Waals surface area contributed by atoms with Gasteiger partial charge in [0.1, 0.15) is 5.54 Å². The molecule has 19 heavy (non-hydrogen) atoms. The van der Waals surface area contributed by atoms with Gasteiger partial charge in [0.05, 0.1) is 0 Å². The van der Waals surface area contributed by atoms with E-state index < -0.39 is 11.5 Å². The Balaban J connectivity index is 3.05. The van der Waals surface area contributed by atoms with E-state index in [4.69, 9.17) is 29.0 Å². The molecule has 0 aliphatic carbocycles. The molecule has 0 aromatic heterocycles. The number of alkyl halides is 2. The number of aliphatic carboxylic acids is 1. The van der Waals surface area contributed by atoms with Gasteiger partial charge in [0, 0.05) is 24.7 Å². The minimum atomic E-state index is -1.22. The number of nitrogens with two attached hydrogens (primary N) is 1. The summed E-state index contributed by atoms with van der Waals surface area (Å²) in [6, 6.07) is 9.36. The Morgan fingerprint density at radius 2 is 1.89 bits per heavy atom. The molecule has 3 N–H and O–H groups in total. The number of hydrazine groups is 1. The second-order valence-corrected chi connectivity index (χ2v) is 5.08. The van der Waals surface area contributed by atoms with Gasteiger partial charge in [-0.2, -0.15) is 0 Å². The normalized spacial score (nSPS) is 14.3. The van der Waals surface area contributed by atoms with Crippen LogP contribution in [0.5, 0.6) is 0 Å². The molecule has 0 bridgehead atoms. The lowest BCUT2D eigenvalue weighted by molar-refractivity contribution is -0.152. The van der Waals surface area contributed by atoms with Crippen molar-refractivity contribution in [2.24, 2.45) is 5.84 Å². The predicted molar refractivity (Wildman–Crippen MR) is 77.5 cm³/mol. The Morgan fingerprint density at radius 1 is 1.26 bits per heavy atom. The van der Waals surface area contributed by atoms with Crippen molar-refractivity contribution in [1.82, 2.24) is 5.01 Å². The molecule has 1 aromatic carbocycles. The second kappa shape index (κ2) is 7.70. The number of benzene rings is 1. The van der Waals surface area contributed by atoms with Crippen molar-refractivity contribution >= 4 is 29.2 Å². The smallest absolute Gasteiger partial charge is 0.325 e. The third-order valence-electron chi connectivity index (χ3n) is 3.12. The van der Waals surface area contributed by atoms with E-state index in [9.17, 15) is 9.90 Å². The molecule has 0 saturated carbocycles. The topological polar surface area (TPSA) is 66.6 Å². The zero-order chi connectivity index (χ0) is 14.3. The second-order valence-electron chi connectivity index (χ2n) is 4.32. The largest absolute Gasteiger partial charge is 0.480 e. The number of carboxylic acid groups (broad SMARTS) is 1. The minimum Gasteiger partial charge on any atom is -0.480 e. The van der Waals surface area contributed by atoms with Crippen molar-refractivity contribution < 1.29 is 9.90 Å². The average molecular weight is 305 g/mol. The molecule has 1 aromatic rings. The lowest BCUT2D eigenvalue weighted by Gasteiger charge is -2.37. The van der Waals surface area contributed by atoms with Gasteiger partial charge in [0.2, 0.25) is 0 Å². The first-order chi connectivity index (χ1) is 9.06. The van der Waals surface area contributed by atoms with Gasteiger partial charge in [-0.1, -0.05) is 30.3 Å². The number of nitrogens with zero attached hydrogens (tertiary/aromatic N) is 1. The van der Waals surface area contributed by atoms with Crippen molar-refractivity contribution in [3.05, 3.63) is 35.9 Å². The van der Waals surface area contributed by atoms with Gasteiger partial charge in [0.15, 0.2) is 0 Å². The zero-order valence-electron chi connectivity index (χ0n) is 10.6. The van der Waals surface area contributed by atoms with Crippen LogP contribution in [-0.2, 0) is 11.2 Å². The van der Waals surface area contributed by atoms with E-state index in [1.807, 2.05) is 30.3 Å². The summed E-state index contributed by atoms with van der Waals surface area (Å²) < 4.78 is 0. The van der Waals surface area contributed by atoms with Gasteiger partial charge in [-0.15, -0.1) is 23.2 Å². The van der Waals surface area contributed by atoms with Gasteiger partial charge in [-0.05, 0) is 12.0 Å². The summed E-state index contributed by atoms with van der Waals surface area (Å²) in [5.41, 5.74) is -0.321. The van der Waals surface area contributed by atoms with Crippen LogP contribution in [0, 0.1) is 0 Å². The summed E-state index contributed by atoms with van der Waals surface area (Å²) in [7, 11) is 0. The molecule has 1 rings (SSSR count). The molecule has 106 valence electrons. The summed E-state index contributed by atoms with van der Waals surface area (Å²) in [6.07, 6.45) is 0.551. The highest BCUT2D eigenvalue weighted by molar-refractivity contribution is 6.18. The molecule has 0 aliphatic rings. The van der Waals surface area contributed by atoms with E-state index in [2.05, 4.69) is 0 Å². The zero-order valence-corrected chi connectivity index (χ0v) is 12.1. The molecule has 6 heteroatoms. The van der Waals surface area contributed by atoms with E-state index in [0.717, 1.165) is 5.56 Å². The van der Waals surface area contributed by atoms with Crippen LogP contribution in [0.2, 0.25) is 0 Å². The molecule has 0 saturated heterocycles.